The minimum absolute atomic E-state index is 0.220. The molecule has 1 fully saturated rings. The lowest BCUT2D eigenvalue weighted by Crippen LogP contribution is -2.31. The summed E-state index contributed by atoms with van der Waals surface area (Å²) in [5, 5.41) is 8.58. The standard InChI is InChI=1S/C9H16N2/c1-7-2-4-8(5-3-7)9(11)6-10/h7-9H,2-5,11H2,1H3/t7?,8?,9-/m0/s1. The lowest BCUT2D eigenvalue weighted by molar-refractivity contribution is 0.275. The second kappa shape index (κ2) is 3.73. The zero-order valence-corrected chi connectivity index (χ0v) is 7.09. The first kappa shape index (κ1) is 8.55. The summed E-state index contributed by atoms with van der Waals surface area (Å²) in [6.45, 7) is 2.27. The smallest absolute Gasteiger partial charge is 0.0956 e. The highest BCUT2D eigenvalue weighted by Crippen LogP contribution is 2.29. The average Bonchev–Trinajstić information content (AvgIpc) is 2.05. The van der Waals surface area contributed by atoms with Gasteiger partial charge in [0.2, 0.25) is 0 Å². The molecule has 2 heteroatoms. The molecule has 0 unspecified atom stereocenters. The molecule has 0 aromatic heterocycles. The highest BCUT2D eigenvalue weighted by molar-refractivity contribution is 4.93. The van der Waals surface area contributed by atoms with E-state index in [1.807, 2.05) is 0 Å². The van der Waals surface area contributed by atoms with Crippen molar-refractivity contribution in [2.75, 3.05) is 0 Å². The molecule has 1 aliphatic carbocycles. The van der Waals surface area contributed by atoms with Gasteiger partial charge in [0.05, 0.1) is 12.1 Å². The molecule has 1 saturated carbocycles. The van der Waals surface area contributed by atoms with E-state index in [4.69, 9.17) is 11.0 Å². The third-order valence-electron chi connectivity index (χ3n) is 2.72. The first-order chi connectivity index (χ1) is 5.24. The summed E-state index contributed by atoms with van der Waals surface area (Å²) in [4.78, 5) is 0. The molecular weight excluding hydrogens is 136 g/mol. The quantitative estimate of drug-likeness (QED) is 0.621. The Morgan fingerprint density at radius 2 is 1.91 bits per heavy atom. The van der Waals surface area contributed by atoms with Gasteiger partial charge in [0.1, 0.15) is 0 Å². The molecule has 0 radical (unpaired) electrons. The molecule has 0 bridgehead atoms. The number of nitriles is 1. The zero-order valence-electron chi connectivity index (χ0n) is 7.09. The van der Waals surface area contributed by atoms with Crippen LogP contribution in [0.2, 0.25) is 0 Å². The molecule has 0 amide bonds. The van der Waals surface area contributed by atoms with Crippen LogP contribution in [0.25, 0.3) is 0 Å². The Morgan fingerprint density at radius 1 is 1.36 bits per heavy atom. The van der Waals surface area contributed by atoms with E-state index in [1.165, 1.54) is 12.8 Å². The molecular formula is C9H16N2. The minimum atomic E-state index is -0.220. The van der Waals surface area contributed by atoms with Crippen molar-refractivity contribution in [3.05, 3.63) is 0 Å². The van der Waals surface area contributed by atoms with E-state index < -0.39 is 0 Å². The second-order valence-electron chi connectivity index (χ2n) is 3.67. The van der Waals surface area contributed by atoms with Gasteiger partial charge in [-0.1, -0.05) is 19.8 Å². The molecule has 2 nitrogen and oxygen atoms in total. The fourth-order valence-electron chi connectivity index (χ4n) is 1.75. The number of rotatable bonds is 1. The van der Waals surface area contributed by atoms with Gasteiger partial charge < -0.3 is 5.73 Å². The summed E-state index contributed by atoms with van der Waals surface area (Å²) in [5.74, 6) is 1.31. The molecule has 0 heterocycles. The number of nitrogens with two attached hydrogens (primary N) is 1. The van der Waals surface area contributed by atoms with Crippen molar-refractivity contribution >= 4 is 0 Å². The van der Waals surface area contributed by atoms with Gasteiger partial charge in [-0.25, -0.2) is 0 Å². The van der Waals surface area contributed by atoms with Crippen LogP contribution in [0.1, 0.15) is 32.6 Å². The number of nitrogens with zero attached hydrogens (tertiary/aromatic N) is 1. The Hall–Kier alpha value is -0.550. The summed E-state index contributed by atoms with van der Waals surface area (Å²) >= 11 is 0. The lowest BCUT2D eigenvalue weighted by atomic mass is 9.80. The van der Waals surface area contributed by atoms with Crippen LogP contribution in [0.15, 0.2) is 0 Å². The predicted octanol–water partition coefficient (Wildman–Crippen LogP) is 1.66. The molecule has 62 valence electrons. The fraction of sp³-hybridized carbons (Fsp3) is 0.889. The lowest BCUT2D eigenvalue weighted by Gasteiger charge is -2.27. The van der Waals surface area contributed by atoms with Gasteiger partial charge in [0.15, 0.2) is 0 Å². The molecule has 1 rings (SSSR count). The van der Waals surface area contributed by atoms with E-state index in [9.17, 15) is 0 Å². The van der Waals surface area contributed by atoms with Crippen molar-refractivity contribution in [3.63, 3.8) is 0 Å². The van der Waals surface area contributed by atoms with Crippen LogP contribution >= 0.6 is 0 Å². The minimum Gasteiger partial charge on any atom is -0.316 e. The van der Waals surface area contributed by atoms with E-state index >= 15 is 0 Å². The second-order valence-corrected chi connectivity index (χ2v) is 3.67. The largest absolute Gasteiger partial charge is 0.316 e. The Bertz CT molecular complexity index is 151. The highest BCUT2D eigenvalue weighted by Gasteiger charge is 2.22. The van der Waals surface area contributed by atoms with Crippen LogP contribution in [-0.2, 0) is 0 Å². The molecule has 0 saturated heterocycles. The van der Waals surface area contributed by atoms with Gasteiger partial charge >= 0.3 is 0 Å². The SMILES string of the molecule is CC1CCC([C@@H](N)C#N)CC1. The van der Waals surface area contributed by atoms with E-state index in [-0.39, 0.29) is 6.04 Å². The first-order valence-corrected chi connectivity index (χ1v) is 4.39. The molecule has 11 heavy (non-hydrogen) atoms. The normalized spacial score (nSPS) is 34.3. The zero-order chi connectivity index (χ0) is 8.27. The molecule has 0 aromatic carbocycles. The average molecular weight is 152 g/mol. The van der Waals surface area contributed by atoms with Crippen molar-refractivity contribution < 1.29 is 0 Å². The third kappa shape index (κ3) is 2.20. The number of hydrogen-bond acceptors (Lipinski definition) is 2. The maximum absolute atomic E-state index is 8.58. The van der Waals surface area contributed by atoms with Crippen LogP contribution in [0.5, 0.6) is 0 Å². The Balaban J connectivity index is 2.34. The van der Waals surface area contributed by atoms with Crippen LogP contribution in [0.3, 0.4) is 0 Å². The predicted molar refractivity (Wildman–Crippen MR) is 44.7 cm³/mol. The van der Waals surface area contributed by atoms with E-state index in [0.29, 0.717) is 5.92 Å². The summed E-state index contributed by atoms with van der Waals surface area (Å²) in [6.07, 6.45) is 4.80. The molecule has 0 aliphatic heterocycles. The van der Waals surface area contributed by atoms with Crippen LogP contribution in [0, 0.1) is 23.2 Å². The van der Waals surface area contributed by atoms with Crippen LogP contribution < -0.4 is 5.73 Å². The van der Waals surface area contributed by atoms with Crippen molar-refractivity contribution in [2.24, 2.45) is 17.6 Å². The van der Waals surface area contributed by atoms with Crippen LogP contribution in [0.4, 0.5) is 0 Å². The Kier molecular flexibility index (Phi) is 2.90. The van der Waals surface area contributed by atoms with Gasteiger partial charge in [0, 0.05) is 0 Å². The van der Waals surface area contributed by atoms with E-state index in [0.717, 1.165) is 18.8 Å². The van der Waals surface area contributed by atoms with Gasteiger partial charge in [-0.05, 0) is 24.7 Å². The maximum Gasteiger partial charge on any atom is 0.0956 e. The van der Waals surface area contributed by atoms with Gasteiger partial charge in [-0.3, -0.25) is 0 Å². The fourth-order valence-corrected chi connectivity index (χ4v) is 1.75. The topological polar surface area (TPSA) is 49.8 Å². The molecule has 1 atom stereocenters. The number of hydrogen-bond donors (Lipinski definition) is 1. The maximum atomic E-state index is 8.58. The monoisotopic (exact) mass is 152 g/mol. The Labute approximate surface area is 68.4 Å². The molecule has 2 N–H and O–H groups in total. The van der Waals surface area contributed by atoms with Crippen molar-refractivity contribution in [3.8, 4) is 6.07 Å². The Morgan fingerprint density at radius 3 is 2.36 bits per heavy atom. The summed E-state index contributed by atoms with van der Waals surface area (Å²) < 4.78 is 0. The van der Waals surface area contributed by atoms with E-state index in [2.05, 4.69) is 13.0 Å². The summed E-state index contributed by atoms with van der Waals surface area (Å²) in [5.41, 5.74) is 5.63. The third-order valence-corrected chi connectivity index (χ3v) is 2.72. The summed E-state index contributed by atoms with van der Waals surface area (Å²) in [6, 6.07) is 1.91. The van der Waals surface area contributed by atoms with Gasteiger partial charge in [0.25, 0.3) is 0 Å². The molecule has 0 spiro atoms. The van der Waals surface area contributed by atoms with E-state index in [1.54, 1.807) is 0 Å². The van der Waals surface area contributed by atoms with Gasteiger partial charge in [-0.15, -0.1) is 0 Å². The molecule has 1 aliphatic rings. The van der Waals surface area contributed by atoms with Crippen LogP contribution in [-0.4, -0.2) is 6.04 Å². The van der Waals surface area contributed by atoms with Crippen molar-refractivity contribution in [1.29, 1.82) is 5.26 Å². The van der Waals surface area contributed by atoms with Crippen molar-refractivity contribution in [1.82, 2.24) is 0 Å². The highest BCUT2D eigenvalue weighted by atomic mass is 14.7. The van der Waals surface area contributed by atoms with Crippen molar-refractivity contribution in [2.45, 2.75) is 38.6 Å². The molecule has 0 aromatic rings. The van der Waals surface area contributed by atoms with Gasteiger partial charge in [-0.2, -0.15) is 5.26 Å². The first-order valence-electron chi connectivity index (χ1n) is 4.39. The summed E-state index contributed by atoms with van der Waals surface area (Å²) in [7, 11) is 0.